The summed E-state index contributed by atoms with van der Waals surface area (Å²) in [7, 11) is -3.95. The summed E-state index contributed by atoms with van der Waals surface area (Å²) in [5, 5.41) is 2.87. The molecule has 202 valence electrons. The highest BCUT2D eigenvalue weighted by atomic mass is 32.2. The molecule has 0 heterocycles. The van der Waals surface area contributed by atoms with Crippen LogP contribution in [0.25, 0.3) is 11.1 Å². The molecule has 39 heavy (non-hydrogen) atoms. The molecule has 0 aliphatic carbocycles. The third-order valence-electron chi connectivity index (χ3n) is 6.83. The molecule has 1 atom stereocenters. The Kier molecular flexibility index (Phi) is 9.30. The molecule has 7 heteroatoms. The molecule has 0 spiro atoms. The molecule has 0 unspecified atom stereocenters. The molecule has 4 rings (SSSR count). The Morgan fingerprint density at radius 2 is 1.54 bits per heavy atom. The molecule has 0 aliphatic rings. The molecule has 0 aliphatic heterocycles. The average molecular weight is 542 g/mol. The van der Waals surface area contributed by atoms with Gasteiger partial charge >= 0.3 is 0 Å². The summed E-state index contributed by atoms with van der Waals surface area (Å²) < 4.78 is 29.0. The fourth-order valence-corrected chi connectivity index (χ4v) is 6.06. The van der Waals surface area contributed by atoms with Crippen LogP contribution < -0.4 is 11.1 Å². The first-order chi connectivity index (χ1) is 18.8. The van der Waals surface area contributed by atoms with E-state index in [0.29, 0.717) is 13.1 Å². The fraction of sp³-hybridized carbons (Fsp3) is 0.219. The maximum absolute atomic E-state index is 13.8. The van der Waals surface area contributed by atoms with E-state index in [9.17, 15) is 13.2 Å². The minimum atomic E-state index is -3.95. The van der Waals surface area contributed by atoms with Crippen LogP contribution in [-0.2, 0) is 27.9 Å². The third kappa shape index (κ3) is 7.20. The van der Waals surface area contributed by atoms with E-state index < -0.39 is 10.0 Å². The van der Waals surface area contributed by atoms with Gasteiger partial charge in [-0.05, 0) is 58.4 Å². The molecule has 4 aromatic rings. The lowest BCUT2D eigenvalue weighted by Gasteiger charge is -2.25. The van der Waals surface area contributed by atoms with E-state index in [2.05, 4.69) is 5.32 Å². The lowest BCUT2D eigenvalue weighted by molar-refractivity contribution is -0.121. The van der Waals surface area contributed by atoms with Gasteiger partial charge in [0.15, 0.2) is 0 Å². The highest BCUT2D eigenvalue weighted by Crippen LogP contribution is 2.27. The number of carbonyl (C=O) groups excluding carboxylic acids is 1. The van der Waals surface area contributed by atoms with Crippen molar-refractivity contribution in [1.29, 1.82) is 0 Å². The number of nitrogens with two attached hydrogens (primary N) is 1. The summed E-state index contributed by atoms with van der Waals surface area (Å²) in [6.07, 6.45) is 0. The van der Waals surface area contributed by atoms with Gasteiger partial charge in [-0.15, -0.1) is 0 Å². The number of nitrogens with zero attached hydrogens (tertiary/aromatic N) is 1. The van der Waals surface area contributed by atoms with Gasteiger partial charge in [-0.2, -0.15) is 4.31 Å². The van der Waals surface area contributed by atoms with Gasteiger partial charge in [0.05, 0.1) is 11.4 Å². The average Bonchev–Trinajstić information content (AvgIpc) is 2.96. The van der Waals surface area contributed by atoms with Crippen molar-refractivity contribution >= 4 is 15.9 Å². The number of carbonyl (C=O) groups is 1. The summed E-state index contributed by atoms with van der Waals surface area (Å²) in [5.41, 5.74) is 11.7. The van der Waals surface area contributed by atoms with Crippen molar-refractivity contribution in [2.75, 3.05) is 13.1 Å². The molecule has 0 saturated carbocycles. The molecule has 4 aromatic carbocycles. The molecule has 1 amide bonds. The van der Waals surface area contributed by atoms with Gasteiger partial charge < -0.3 is 11.1 Å². The second-order valence-corrected chi connectivity index (χ2v) is 11.7. The molecule has 6 nitrogen and oxygen atoms in total. The van der Waals surface area contributed by atoms with Crippen molar-refractivity contribution in [2.24, 2.45) is 5.73 Å². The SMILES string of the molecule is Cc1ccccc1-c1ccc(S(=O)(=O)N(CC(=O)NCc2cccc(CN)c2)C[C@@H](C)c2ccccc2)cc1. The quantitative estimate of drug-likeness (QED) is 0.272. The van der Waals surface area contributed by atoms with Crippen LogP contribution in [0.1, 0.15) is 35.1 Å². The largest absolute Gasteiger partial charge is 0.351 e. The Balaban J connectivity index is 1.56. The zero-order valence-electron chi connectivity index (χ0n) is 22.4. The summed E-state index contributed by atoms with van der Waals surface area (Å²) >= 11 is 0. The van der Waals surface area contributed by atoms with E-state index >= 15 is 0 Å². The molecule has 3 N–H and O–H groups in total. The topological polar surface area (TPSA) is 92.5 Å². The van der Waals surface area contributed by atoms with Crippen LogP contribution in [0, 0.1) is 6.92 Å². The first-order valence-electron chi connectivity index (χ1n) is 13.0. The van der Waals surface area contributed by atoms with Crippen LogP contribution in [0.15, 0.2) is 108 Å². The lowest BCUT2D eigenvalue weighted by Crippen LogP contribution is -2.42. The van der Waals surface area contributed by atoms with E-state index in [1.54, 1.807) is 12.1 Å². The first-order valence-corrected chi connectivity index (χ1v) is 14.5. The van der Waals surface area contributed by atoms with Crippen LogP contribution in [0.4, 0.5) is 0 Å². The third-order valence-corrected chi connectivity index (χ3v) is 8.66. The number of hydrogen-bond acceptors (Lipinski definition) is 4. The van der Waals surface area contributed by atoms with Gasteiger partial charge in [0, 0.05) is 19.6 Å². The molecular formula is C32H35N3O3S. The van der Waals surface area contributed by atoms with Gasteiger partial charge in [-0.1, -0.05) is 97.9 Å². The number of benzene rings is 4. The molecule has 0 radical (unpaired) electrons. The summed E-state index contributed by atoms with van der Waals surface area (Å²) in [5.74, 6) is -0.477. The van der Waals surface area contributed by atoms with Gasteiger partial charge in [-0.3, -0.25) is 4.79 Å². The number of rotatable bonds is 11. The fourth-order valence-electron chi connectivity index (χ4n) is 4.58. The molecule has 0 aromatic heterocycles. The highest BCUT2D eigenvalue weighted by Gasteiger charge is 2.28. The van der Waals surface area contributed by atoms with Gasteiger partial charge in [0.25, 0.3) is 0 Å². The monoisotopic (exact) mass is 541 g/mol. The van der Waals surface area contributed by atoms with Gasteiger partial charge in [0.1, 0.15) is 0 Å². The van der Waals surface area contributed by atoms with Crippen molar-refractivity contribution in [3.8, 4) is 11.1 Å². The Hall–Kier alpha value is -3.78. The van der Waals surface area contributed by atoms with Crippen LogP contribution in [0.3, 0.4) is 0 Å². The Morgan fingerprint density at radius 3 is 2.23 bits per heavy atom. The normalized spacial score (nSPS) is 12.3. The smallest absolute Gasteiger partial charge is 0.243 e. The van der Waals surface area contributed by atoms with E-state index in [0.717, 1.165) is 33.4 Å². The number of nitrogens with one attached hydrogen (secondary N) is 1. The molecule has 0 fully saturated rings. The molecular weight excluding hydrogens is 506 g/mol. The highest BCUT2D eigenvalue weighted by molar-refractivity contribution is 7.89. The zero-order chi connectivity index (χ0) is 27.8. The second kappa shape index (κ2) is 12.8. The number of amides is 1. The van der Waals surface area contributed by atoms with Gasteiger partial charge in [0.2, 0.25) is 15.9 Å². The number of aryl methyl sites for hydroxylation is 1. The van der Waals surface area contributed by atoms with Crippen molar-refractivity contribution in [3.05, 3.63) is 125 Å². The van der Waals surface area contributed by atoms with Gasteiger partial charge in [-0.25, -0.2) is 8.42 Å². The summed E-state index contributed by atoms with van der Waals surface area (Å²) in [4.78, 5) is 13.2. The van der Waals surface area contributed by atoms with E-state index in [-0.39, 0.29) is 29.8 Å². The predicted octanol–water partition coefficient (Wildman–Crippen LogP) is 5.23. The maximum atomic E-state index is 13.8. The van der Waals surface area contributed by atoms with Crippen molar-refractivity contribution < 1.29 is 13.2 Å². The maximum Gasteiger partial charge on any atom is 0.243 e. The minimum Gasteiger partial charge on any atom is -0.351 e. The van der Waals surface area contributed by atoms with E-state index in [4.69, 9.17) is 5.73 Å². The lowest BCUT2D eigenvalue weighted by atomic mass is 10.0. The van der Waals surface area contributed by atoms with Crippen molar-refractivity contribution in [1.82, 2.24) is 9.62 Å². The first kappa shape index (κ1) is 28.2. The van der Waals surface area contributed by atoms with Crippen LogP contribution >= 0.6 is 0 Å². The Labute approximate surface area is 231 Å². The standard InChI is InChI=1S/C32H35N3O3S/c1-24-9-6-7-14-31(24)29-15-17-30(18-16-29)39(37,38)35(22-25(2)28-12-4-3-5-13-28)23-32(36)34-21-27-11-8-10-26(19-27)20-33/h3-19,25H,20-23,33H2,1-2H3,(H,34,36)/t25-/m1/s1. The van der Waals surface area contributed by atoms with Crippen LogP contribution in [-0.4, -0.2) is 31.7 Å². The van der Waals surface area contributed by atoms with E-state index in [1.165, 1.54) is 4.31 Å². The molecule has 0 saturated heterocycles. The Morgan fingerprint density at radius 1 is 0.872 bits per heavy atom. The van der Waals surface area contributed by atoms with Crippen molar-refractivity contribution in [3.63, 3.8) is 0 Å². The van der Waals surface area contributed by atoms with Crippen LogP contribution in [0.2, 0.25) is 0 Å². The predicted molar refractivity (Wildman–Crippen MR) is 156 cm³/mol. The number of hydrogen-bond donors (Lipinski definition) is 2. The summed E-state index contributed by atoms with van der Waals surface area (Å²) in [6.45, 7) is 4.58. The number of sulfonamides is 1. The summed E-state index contributed by atoms with van der Waals surface area (Å²) in [6, 6.07) is 32.2. The zero-order valence-corrected chi connectivity index (χ0v) is 23.2. The Bertz CT molecular complexity index is 1500. The van der Waals surface area contributed by atoms with E-state index in [1.807, 2.05) is 105 Å². The van der Waals surface area contributed by atoms with Crippen molar-refractivity contribution in [2.45, 2.75) is 37.8 Å². The molecule has 0 bridgehead atoms. The minimum absolute atomic E-state index is 0.110. The second-order valence-electron chi connectivity index (χ2n) is 9.75. The van der Waals surface area contributed by atoms with Crippen LogP contribution in [0.5, 0.6) is 0 Å².